The molecule has 2 fully saturated rings. The number of fused-ring (bicyclic) bond motifs is 2. The smallest absolute Gasteiger partial charge is 0.252 e. The predicted molar refractivity (Wildman–Crippen MR) is 127 cm³/mol. The average molecular weight is 438 g/mol. The van der Waals surface area contributed by atoms with Gasteiger partial charge in [0, 0.05) is 37.6 Å². The summed E-state index contributed by atoms with van der Waals surface area (Å²) in [5.41, 5.74) is 1.83. The van der Waals surface area contributed by atoms with Gasteiger partial charge in [0.1, 0.15) is 0 Å². The molecule has 2 aliphatic carbocycles. The monoisotopic (exact) mass is 437 g/mol. The maximum atomic E-state index is 12.8. The molecule has 3 rings (SSSR count). The number of halogens is 1. The van der Waals surface area contributed by atoms with E-state index in [1.165, 1.54) is 44.9 Å². The van der Waals surface area contributed by atoms with E-state index in [9.17, 15) is 4.79 Å². The molecule has 4 nitrogen and oxygen atoms in total. The highest BCUT2D eigenvalue weighted by Gasteiger charge is 2.39. The maximum absolute atomic E-state index is 12.8. The first-order chi connectivity index (χ1) is 13.6. The molecular formula is C23H36ClN3OS. The average Bonchev–Trinajstić information content (AvgIpc) is 2.70. The first-order valence-electron chi connectivity index (χ1n) is 10.6. The Labute approximate surface area is 186 Å². The number of carbonyl (C=O) groups excluding carboxylic acids is 1. The summed E-state index contributed by atoms with van der Waals surface area (Å²) in [4.78, 5) is 12.8. The molecule has 0 unspecified atom stereocenters. The van der Waals surface area contributed by atoms with E-state index in [0.717, 1.165) is 43.5 Å². The van der Waals surface area contributed by atoms with Crippen molar-refractivity contribution in [2.24, 2.45) is 11.3 Å². The van der Waals surface area contributed by atoms with E-state index in [2.05, 4.69) is 22.2 Å². The highest BCUT2D eigenvalue weighted by molar-refractivity contribution is 7.98. The molecule has 6 heteroatoms. The molecule has 0 saturated heterocycles. The van der Waals surface area contributed by atoms with Crippen molar-refractivity contribution in [3.05, 3.63) is 36.2 Å². The van der Waals surface area contributed by atoms with Crippen LogP contribution >= 0.6 is 23.4 Å². The molecule has 3 N–H and O–H groups in total. The summed E-state index contributed by atoms with van der Waals surface area (Å²) in [5.74, 6) is 1.95. The van der Waals surface area contributed by atoms with Crippen molar-refractivity contribution >= 4 is 35.0 Å². The van der Waals surface area contributed by atoms with Crippen LogP contribution < -0.4 is 16.0 Å². The number of hydrogen-bond donors (Lipinski definition) is 3. The Morgan fingerprint density at radius 2 is 1.97 bits per heavy atom. The second kappa shape index (κ2) is 12.1. The third-order valence-corrected chi connectivity index (χ3v) is 7.25. The SMILES string of the molecule is CSCCNCCNc1ccc(Cl)c(C(=O)NCC23CCCC(CCC2)C3)c1.[CH2]. The minimum atomic E-state index is -0.0474. The quantitative estimate of drug-likeness (QED) is 0.444. The molecule has 0 aliphatic heterocycles. The lowest BCUT2D eigenvalue weighted by molar-refractivity contribution is 0.0682. The number of rotatable bonds is 10. The van der Waals surface area contributed by atoms with E-state index in [-0.39, 0.29) is 13.3 Å². The van der Waals surface area contributed by atoms with E-state index < -0.39 is 0 Å². The second-order valence-electron chi connectivity index (χ2n) is 8.40. The number of hydrogen-bond acceptors (Lipinski definition) is 4. The number of benzene rings is 1. The molecule has 0 atom stereocenters. The number of thioether (sulfide) groups is 1. The van der Waals surface area contributed by atoms with Crippen molar-refractivity contribution in [2.75, 3.05) is 43.5 Å². The van der Waals surface area contributed by atoms with Gasteiger partial charge in [-0.1, -0.05) is 44.7 Å². The molecule has 2 radical (unpaired) electrons. The fourth-order valence-electron chi connectivity index (χ4n) is 4.84. The molecule has 2 aliphatic rings. The van der Waals surface area contributed by atoms with Crippen molar-refractivity contribution < 1.29 is 4.79 Å². The molecule has 0 aromatic heterocycles. The summed E-state index contributed by atoms with van der Waals surface area (Å²) in [6.45, 7) is 3.52. The van der Waals surface area contributed by atoms with Gasteiger partial charge in [0.05, 0.1) is 10.6 Å². The standard InChI is InChI=1S/C22H34ClN3OS.CH2/c1-28-13-12-24-10-11-25-18-6-7-20(23)19(14-18)21(27)26-16-22-8-2-4-17(15-22)5-3-9-22;/h6-7,14,17,24-25H,2-5,8-13,15-16H2,1H3,(H,26,27);1H2. The summed E-state index contributed by atoms with van der Waals surface area (Å²) in [7, 11) is 0. The molecule has 0 spiro atoms. The first-order valence-corrected chi connectivity index (χ1v) is 12.4. The third-order valence-electron chi connectivity index (χ3n) is 6.31. The Balaban J connectivity index is 0.00000300. The Bertz CT molecular complexity index is 645. The van der Waals surface area contributed by atoms with Crippen LogP contribution in [0.3, 0.4) is 0 Å². The Hall–Kier alpha value is -0.910. The largest absolute Gasteiger partial charge is 0.384 e. The third kappa shape index (κ3) is 7.08. The van der Waals surface area contributed by atoms with E-state index in [1.54, 1.807) is 0 Å². The molecule has 1 amide bonds. The van der Waals surface area contributed by atoms with Crippen LogP contribution in [0.15, 0.2) is 18.2 Å². The van der Waals surface area contributed by atoms with Gasteiger partial charge in [-0.25, -0.2) is 0 Å². The van der Waals surface area contributed by atoms with E-state index in [4.69, 9.17) is 11.6 Å². The molecule has 1 aromatic rings. The molecule has 0 heterocycles. The molecule has 1 aromatic carbocycles. The van der Waals surface area contributed by atoms with Crippen molar-refractivity contribution in [3.8, 4) is 0 Å². The highest BCUT2D eigenvalue weighted by Crippen LogP contribution is 2.48. The van der Waals surface area contributed by atoms with Gasteiger partial charge in [-0.2, -0.15) is 11.8 Å². The fourth-order valence-corrected chi connectivity index (χ4v) is 5.39. The van der Waals surface area contributed by atoms with Gasteiger partial charge in [0.25, 0.3) is 5.91 Å². The lowest BCUT2D eigenvalue weighted by Crippen LogP contribution is -2.43. The maximum Gasteiger partial charge on any atom is 0.252 e. The van der Waals surface area contributed by atoms with Gasteiger partial charge >= 0.3 is 0 Å². The van der Waals surface area contributed by atoms with Gasteiger partial charge < -0.3 is 16.0 Å². The molecule has 29 heavy (non-hydrogen) atoms. The summed E-state index contributed by atoms with van der Waals surface area (Å²) < 4.78 is 0. The lowest BCUT2D eigenvalue weighted by atomic mass is 9.62. The van der Waals surface area contributed by atoms with Crippen LogP contribution in [-0.2, 0) is 0 Å². The number of carbonyl (C=O) groups is 1. The zero-order chi connectivity index (χ0) is 19.8. The summed E-state index contributed by atoms with van der Waals surface area (Å²) >= 11 is 8.17. The summed E-state index contributed by atoms with van der Waals surface area (Å²) in [5, 5.41) is 10.5. The highest BCUT2D eigenvalue weighted by atomic mass is 35.5. The topological polar surface area (TPSA) is 53.2 Å². The zero-order valence-corrected chi connectivity index (χ0v) is 19.3. The van der Waals surface area contributed by atoms with Crippen molar-refractivity contribution in [1.29, 1.82) is 0 Å². The van der Waals surface area contributed by atoms with E-state index >= 15 is 0 Å². The van der Waals surface area contributed by atoms with Gasteiger partial charge in [0.15, 0.2) is 0 Å². The zero-order valence-electron chi connectivity index (χ0n) is 17.7. The lowest BCUT2D eigenvalue weighted by Gasteiger charge is -2.45. The van der Waals surface area contributed by atoms with Crippen LogP contribution in [0.2, 0.25) is 5.02 Å². The fraction of sp³-hybridized carbons (Fsp3) is 0.652. The van der Waals surface area contributed by atoms with Gasteiger partial charge in [-0.05, 0) is 55.1 Å². The van der Waals surface area contributed by atoms with Crippen LogP contribution in [-0.4, -0.2) is 44.1 Å². The number of amides is 1. The summed E-state index contributed by atoms with van der Waals surface area (Å²) in [6.07, 6.45) is 11.3. The Kier molecular flexibility index (Phi) is 10.1. The van der Waals surface area contributed by atoms with Crippen LogP contribution in [0.4, 0.5) is 5.69 Å². The van der Waals surface area contributed by atoms with Crippen LogP contribution in [0.5, 0.6) is 0 Å². The van der Waals surface area contributed by atoms with E-state index in [0.29, 0.717) is 16.0 Å². The van der Waals surface area contributed by atoms with Gasteiger partial charge in [-0.3, -0.25) is 4.79 Å². The molecular weight excluding hydrogens is 402 g/mol. The number of nitrogens with one attached hydrogen (secondary N) is 3. The van der Waals surface area contributed by atoms with E-state index in [1.807, 2.05) is 30.0 Å². The van der Waals surface area contributed by atoms with Crippen molar-refractivity contribution in [2.45, 2.75) is 44.9 Å². The van der Waals surface area contributed by atoms with Crippen molar-refractivity contribution in [1.82, 2.24) is 10.6 Å². The summed E-state index contributed by atoms with van der Waals surface area (Å²) in [6, 6.07) is 5.63. The van der Waals surface area contributed by atoms with Gasteiger partial charge in [-0.15, -0.1) is 0 Å². The first kappa shape index (κ1) is 24.4. The molecule has 162 valence electrons. The Morgan fingerprint density at radius 3 is 2.69 bits per heavy atom. The molecule has 2 bridgehead atoms. The van der Waals surface area contributed by atoms with Gasteiger partial charge in [0.2, 0.25) is 0 Å². The predicted octanol–water partition coefficient (Wildman–Crippen LogP) is 5.12. The minimum Gasteiger partial charge on any atom is -0.384 e. The van der Waals surface area contributed by atoms with Crippen LogP contribution in [0.1, 0.15) is 55.3 Å². The van der Waals surface area contributed by atoms with Crippen molar-refractivity contribution in [3.63, 3.8) is 0 Å². The van der Waals surface area contributed by atoms with Crippen LogP contribution in [0.25, 0.3) is 0 Å². The number of anilines is 1. The molecule has 2 saturated carbocycles. The van der Waals surface area contributed by atoms with Crippen LogP contribution in [0, 0.1) is 18.8 Å². The second-order valence-corrected chi connectivity index (χ2v) is 9.79. The minimum absolute atomic E-state index is 0. The normalized spacial score (nSPS) is 23.2. The Morgan fingerprint density at radius 1 is 1.21 bits per heavy atom.